The van der Waals surface area contributed by atoms with Gasteiger partial charge in [0.25, 0.3) is 0 Å². The summed E-state index contributed by atoms with van der Waals surface area (Å²) in [4.78, 5) is 5.08. The molecule has 0 aliphatic carbocycles. The first-order chi connectivity index (χ1) is 8.15. The molecule has 0 aromatic rings. The van der Waals surface area contributed by atoms with E-state index in [1.807, 2.05) is 0 Å². The van der Waals surface area contributed by atoms with Crippen LogP contribution < -0.4 is 5.32 Å². The molecule has 0 radical (unpaired) electrons. The summed E-state index contributed by atoms with van der Waals surface area (Å²) in [6.07, 6.45) is 6.87. The molecule has 0 aromatic heterocycles. The highest BCUT2D eigenvalue weighted by molar-refractivity contribution is 5.04. The van der Waals surface area contributed by atoms with Gasteiger partial charge in [-0.25, -0.2) is 0 Å². The van der Waals surface area contributed by atoms with Gasteiger partial charge in [0.1, 0.15) is 0 Å². The SMILES string of the molecule is CC1NCCCC12CCCN2CCCN(C)C. The highest BCUT2D eigenvalue weighted by Gasteiger charge is 2.45. The molecule has 2 aliphatic rings. The lowest BCUT2D eigenvalue weighted by atomic mass is 9.81. The Labute approximate surface area is 107 Å². The molecule has 0 aromatic carbocycles. The van der Waals surface area contributed by atoms with Crippen molar-refractivity contribution < 1.29 is 0 Å². The Bertz CT molecular complexity index is 242. The zero-order valence-corrected chi connectivity index (χ0v) is 11.8. The Morgan fingerprint density at radius 1 is 1.29 bits per heavy atom. The van der Waals surface area contributed by atoms with E-state index in [0.717, 1.165) is 0 Å². The molecule has 2 atom stereocenters. The van der Waals surface area contributed by atoms with Crippen LogP contribution in [0.25, 0.3) is 0 Å². The number of likely N-dealkylation sites (tertiary alicyclic amines) is 1. The third-order valence-electron chi connectivity index (χ3n) is 4.74. The fraction of sp³-hybridized carbons (Fsp3) is 1.00. The minimum atomic E-state index is 0.491. The molecule has 2 rings (SSSR count). The number of rotatable bonds is 4. The maximum atomic E-state index is 3.69. The van der Waals surface area contributed by atoms with Gasteiger partial charge in [0, 0.05) is 11.6 Å². The minimum Gasteiger partial charge on any atom is -0.312 e. The fourth-order valence-electron chi connectivity index (χ4n) is 3.76. The van der Waals surface area contributed by atoms with Gasteiger partial charge in [-0.3, -0.25) is 4.90 Å². The smallest absolute Gasteiger partial charge is 0.0360 e. The summed E-state index contributed by atoms with van der Waals surface area (Å²) in [7, 11) is 4.34. The lowest BCUT2D eigenvalue weighted by molar-refractivity contribution is 0.0653. The molecule has 1 N–H and O–H groups in total. The Kier molecular flexibility index (Phi) is 4.45. The van der Waals surface area contributed by atoms with Gasteiger partial charge >= 0.3 is 0 Å². The summed E-state index contributed by atoms with van der Waals surface area (Å²) in [5, 5.41) is 3.69. The number of nitrogens with zero attached hydrogens (tertiary/aromatic N) is 2. The van der Waals surface area contributed by atoms with Gasteiger partial charge in [0.15, 0.2) is 0 Å². The van der Waals surface area contributed by atoms with Gasteiger partial charge in [-0.15, -0.1) is 0 Å². The van der Waals surface area contributed by atoms with Crippen LogP contribution in [-0.4, -0.2) is 61.7 Å². The van der Waals surface area contributed by atoms with Gasteiger partial charge in [-0.1, -0.05) is 0 Å². The summed E-state index contributed by atoms with van der Waals surface area (Å²) >= 11 is 0. The van der Waals surface area contributed by atoms with E-state index in [9.17, 15) is 0 Å². The average molecular weight is 239 g/mol. The second kappa shape index (κ2) is 5.68. The van der Waals surface area contributed by atoms with E-state index >= 15 is 0 Å². The second-order valence-electron chi connectivity index (χ2n) is 6.13. The summed E-state index contributed by atoms with van der Waals surface area (Å²) in [5.74, 6) is 0. The van der Waals surface area contributed by atoms with Crippen molar-refractivity contribution in [1.29, 1.82) is 0 Å². The third-order valence-corrected chi connectivity index (χ3v) is 4.74. The monoisotopic (exact) mass is 239 g/mol. The van der Waals surface area contributed by atoms with Crippen LogP contribution in [0.15, 0.2) is 0 Å². The summed E-state index contributed by atoms with van der Waals surface area (Å²) in [6.45, 7) is 7.43. The van der Waals surface area contributed by atoms with Crippen LogP contribution in [0.1, 0.15) is 39.0 Å². The van der Waals surface area contributed by atoms with Crippen LogP contribution in [-0.2, 0) is 0 Å². The van der Waals surface area contributed by atoms with Crippen LogP contribution in [0.3, 0.4) is 0 Å². The number of hydrogen-bond donors (Lipinski definition) is 1. The molecule has 100 valence electrons. The Morgan fingerprint density at radius 2 is 2.06 bits per heavy atom. The van der Waals surface area contributed by atoms with Crippen LogP contribution in [0.2, 0.25) is 0 Å². The molecule has 2 fully saturated rings. The Morgan fingerprint density at radius 3 is 2.76 bits per heavy atom. The lowest BCUT2D eigenvalue weighted by Crippen LogP contribution is -2.60. The van der Waals surface area contributed by atoms with Gasteiger partial charge < -0.3 is 10.2 Å². The number of hydrogen-bond acceptors (Lipinski definition) is 3. The van der Waals surface area contributed by atoms with E-state index in [2.05, 4.69) is 36.1 Å². The molecular weight excluding hydrogens is 210 g/mol. The molecule has 3 heteroatoms. The van der Waals surface area contributed by atoms with Crippen molar-refractivity contribution in [3.05, 3.63) is 0 Å². The zero-order valence-electron chi connectivity index (χ0n) is 11.8. The standard InChI is InChI=1S/C14H29N3/c1-13-14(7-4-9-15-13)8-5-11-17(14)12-6-10-16(2)3/h13,15H,4-12H2,1-3H3. The first-order valence-electron chi connectivity index (χ1n) is 7.28. The molecule has 2 unspecified atom stereocenters. The predicted octanol–water partition coefficient (Wildman–Crippen LogP) is 1.54. The van der Waals surface area contributed by atoms with Crippen LogP contribution in [0.4, 0.5) is 0 Å². The molecule has 3 nitrogen and oxygen atoms in total. The Balaban J connectivity index is 1.91. The van der Waals surface area contributed by atoms with Crippen molar-refractivity contribution in [3.8, 4) is 0 Å². The number of nitrogens with one attached hydrogen (secondary N) is 1. The first-order valence-corrected chi connectivity index (χ1v) is 7.28. The van der Waals surface area contributed by atoms with E-state index in [-0.39, 0.29) is 0 Å². The van der Waals surface area contributed by atoms with Crippen molar-refractivity contribution in [1.82, 2.24) is 15.1 Å². The van der Waals surface area contributed by atoms with E-state index in [1.54, 1.807) is 0 Å². The fourth-order valence-corrected chi connectivity index (χ4v) is 3.76. The molecule has 0 bridgehead atoms. The van der Waals surface area contributed by atoms with E-state index < -0.39 is 0 Å². The third kappa shape index (κ3) is 2.83. The maximum Gasteiger partial charge on any atom is 0.0360 e. The van der Waals surface area contributed by atoms with Gasteiger partial charge in [0.2, 0.25) is 0 Å². The minimum absolute atomic E-state index is 0.491. The second-order valence-corrected chi connectivity index (χ2v) is 6.13. The van der Waals surface area contributed by atoms with E-state index in [0.29, 0.717) is 11.6 Å². The topological polar surface area (TPSA) is 18.5 Å². The molecule has 0 amide bonds. The largest absolute Gasteiger partial charge is 0.312 e. The predicted molar refractivity (Wildman–Crippen MR) is 73.4 cm³/mol. The van der Waals surface area contributed by atoms with Gasteiger partial charge in [0.05, 0.1) is 0 Å². The molecule has 2 saturated heterocycles. The van der Waals surface area contributed by atoms with E-state index in [1.165, 1.54) is 58.3 Å². The van der Waals surface area contributed by atoms with Crippen molar-refractivity contribution >= 4 is 0 Å². The van der Waals surface area contributed by atoms with Crippen molar-refractivity contribution in [2.75, 3.05) is 40.3 Å². The highest BCUT2D eigenvalue weighted by atomic mass is 15.3. The quantitative estimate of drug-likeness (QED) is 0.803. The summed E-state index contributed by atoms with van der Waals surface area (Å²) < 4.78 is 0. The lowest BCUT2D eigenvalue weighted by Gasteiger charge is -2.47. The van der Waals surface area contributed by atoms with Crippen LogP contribution >= 0.6 is 0 Å². The van der Waals surface area contributed by atoms with Crippen molar-refractivity contribution in [3.63, 3.8) is 0 Å². The molecule has 1 spiro atoms. The van der Waals surface area contributed by atoms with Gasteiger partial charge in [-0.05, 0) is 79.3 Å². The zero-order chi connectivity index (χ0) is 12.3. The van der Waals surface area contributed by atoms with Crippen molar-refractivity contribution in [2.24, 2.45) is 0 Å². The normalized spacial score (nSPS) is 34.9. The molecule has 2 heterocycles. The highest BCUT2D eigenvalue weighted by Crippen LogP contribution is 2.38. The van der Waals surface area contributed by atoms with E-state index in [4.69, 9.17) is 0 Å². The van der Waals surface area contributed by atoms with Crippen LogP contribution in [0, 0.1) is 0 Å². The molecule has 0 saturated carbocycles. The van der Waals surface area contributed by atoms with Crippen molar-refractivity contribution in [2.45, 2.75) is 50.6 Å². The average Bonchev–Trinajstić information content (AvgIpc) is 2.67. The van der Waals surface area contributed by atoms with Crippen LogP contribution in [0.5, 0.6) is 0 Å². The summed E-state index contributed by atoms with van der Waals surface area (Å²) in [5.41, 5.74) is 0.491. The van der Waals surface area contributed by atoms with Gasteiger partial charge in [-0.2, -0.15) is 0 Å². The Hall–Kier alpha value is -0.120. The molecule has 2 aliphatic heterocycles. The summed E-state index contributed by atoms with van der Waals surface area (Å²) in [6, 6.07) is 0.679. The number of piperidine rings is 1. The first kappa shape index (κ1) is 13.3. The molecule has 17 heavy (non-hydrogen) atoms. The maximum absolute atomic E-state index is 3.69. The molecular formula is C14H29N3.